The number of aryl methyl sites for hydroxylation is 6. The minimum Gasteiger partial charge on any atom is -0.870 e. The van der Waals surface area contributed by atoms with Crippen LogP contribution in [-0.4, -0.2) is 61.6 Å². The number of carboxylic acid groups (broad SMARTS) is 2. The van der Waals surface area contributed by atoms with Crippen molar-refractivity contribution in [1.82, 2.24) is 0 Å². The molecule has 4 N–H and O–H groups in total. The number of rotatable bonds is 14. The van der Waals surface area contributed by atoms with Gasteiger partial charge in [0.1, 0.15) is 24.8 Å². The van der Waals surface area contributed by atoms with Gasteiger partial charge in [-0.1, -0.05) is 126 Å². The maximum atomic E-state index is 12.1. The minimum absolute atomic E-state index is 0. The number of carbonyl (C=O) groups excluding carboxylic acids is 4. The Balaban J connectivity index is 0.000000944. The van der Waals surface area contributed by atoms with Crippen LogP contribution in [0.25, 0.3) is 0 Å². The first-order valence-electron chi connectivity index (χ1n) is 22.1. The van der Waals surface area contributed by atoms with Crippen LogP contribution in [0.5, 0.6) is 0 Å². The first-order chi connectivity index (χ1) is 33.1. The Morgan fingerprint density at radius 1 is 0.444 bits per heavy atom. The number of halogens is 2. The summed E-state index contributed by atoms with van der Waals surface area (Å²) in [6.07, 6.45) is 0.900. The second kappa shape index (κ2) is 34.9. The van der Waals surface area contributed by atoms with Crippen LogP contribution >= 0.6 is 23.2 Å². The molecule has 0 amide bonds. The van der Waals surface area contributed by atoms with Gasteiger partial charge in [0.15, 0.2) is 0 Å². The van der Waals surface area contributed by atoms with Gasteiger partial charge in [-0.3, -0.25) is 14.4 Å². The van der Waals surface area contributed by atoms with Crippen molar-refractivity contribution in [3.63, 3.8) is 0 Å². The minimum atomic E-state index is -0.867. The first-order valence-corrected chi connectivity index (χ1v) is 23.2. The van der Waals surface area contributed by atoms with Crippen LogP contribution in [0.4, 0.5) is 0 Å². The zero-order valence-corrected chi connectivity index (χ0v) is 43.9. The van der Waals surface area contributed by atoms with E-state index in [1.165, 1.54) is 0 Å². The van der Waals surface area contributed by atoms with Crippen LogP contribution in [0, 0.1) is 41.5 Å². The Labute approximate surface area is 444 Å². The predicted molar refractivity (Wildman–Crippen MR) is 277 cm³/mol. The van der Waals surface area contributed by atoms with Gasteiger partial charge in [-0.15, -0.1) is 23.2 Å². The molecule has 0 unspecified atom stereocenters. The van der Waals surface area contributed by atoms with Crippen molar-refractivity contribution in [2.75, 3.05) is 5.34 Å². The van der Waals surface area contributed by atoms with E-state index >= 15 is 0 Å². The number of hydrogen-bond acceptors (Lipinski definition) is 10. The van der Waals surface area contributed by atoms with Crippen LogP contribution in [0.2, 0.25) is 0 Å². The van der Waals surface area contributed by atoms with Crippen molar-refractivity contribution in [3.8, 4) is 0 Å². The molecular formula is C57H63Cl2LiO12. The van der Waals surface area contributed by atoms with E-state index in [-0.39, 0.29) is 79.4 Å². The van der Waals surface area contributed by atoms with Crippen LogP contribution in [0.3, 0.4) is 0 Å². The number of aliphatic hydroxyl groups excluding tert-OH is 1. The topological polar surface area (TPSA) is 212 Å². The number of carbonyl (C=O) groups is 6. The average molecular weight is 1020 g/mol. The normalized spacial score (nSPS) is 9.65. The number of aromatic carboxylic acids is 1. The van der Waals surface area contributed by atoms with Crippen LogP contribution in [-0.2, 0) is 62.9 Å². The molecule has 6 aromatic carbocycles. The fourth-order valence-electron chi connectivity index (χ4n) is 6.61. The van der Waals surface area contributed by atoms with Crippen molar-refractivity contribution in [2.24, 2.45) is 0 Å². The Morgan fingerprint density at radius 2 is 0.722 bits per heavy atom. The van der Waals surface area contributed by atoms with Gasteiger partial charge in [0.25, 0.3) is 0 Å². The first kappa shape index (κ1) is 65.6. The number of aliphatic carboxylic acids is 1. The van der Waals surface area contributed by atoms with Crippen LogP contribution in [0.15, 0.2) is 127 Å². The number of Topliss-reactive ketones (excluding diaryl/α,β-unsaturated/α-hetero) is 2. The summed E-state index contributed by atoms with van der Waals surface area (Å²) in [5, 5.41) is 26.3. The molecule has 0 atom stereocenters. The second-order valence-corrected chi connectivity index (χ2v) is 17.3. The molecule has 72 heavy (non-hydrogen) atoms. The third-order valence-corrected chi connectivity index (χ3v) is 10.1. The quantitative estimate of drug-likeness (QED) is 0.0532. The molecule has 0 saturated carbocycles. The number of carboxylic acids is 2. The SMILES string of the molecule is CC(=O)Cc1ccc(CO)cc1.CC(=O)Cc1ccc(COC(=O)c2ccc(C)cc2C)cc1.Cc1ccc(C(=O)O)c(C)c1.Cc1ccc(C(=O)OCc2ccc(CC(=O)O)cc2)c(C)c1.ClCCl.[Li+].[OH-]. The van der Waals surface area contributed by atoms with Crippen LogP contribution in [0.1, 0.15) is 112 Å². The molecule has 0 aliphatic heterocycles. The molecule has 0 aromatic heterocycles. The summed E-state index contributed by atoms with van der Waals surface area (Å²) in [7, 11) is 0. The second-order valence-electron chi connectivity index (χ2n) is 16.4. The summed E-state index contributed by atoms with van der Waals surface area (Å²) < 4.78 is 10.7. The molecule has 15 heteroatoms. The average Bonchev–Trinajstić information content (AvgIpc) is 3.29. The molecule has 0 spiro atoms. The van der Waals surface area contributed by atoms with Gasteiger partial charge in [0.2, 0.25) is 0 Å². The largest absolute Gasteiger partial charge is 1.00 e. The summed E-state index contributed by atoms with van der Waals surface area (Å²) >= 11 is 9.53. The Hall–Kier alpha value is -6.36. The number of benzene rings is 6. The van der Waals surface area contributed by atoms with Gasteiger partial charge < -0.3 is 30.3 Å². The predicted octanol–water partition coefficient (Wildman–Crippen LogP) is 8.64. The van der Waals surface area contributed by atoms with E-state index in [0.717, 1.165) is 66.8 Å². The third-order valence-electron chi connectivity index (χ3n) is 10.1. The van der Waals surface area contributed by atoms with E-state index in [1.54, 1.807) is 69.3 Å². The number of esters is 2. The Bertz CT molecular complexity index is 2540. The van der Waals surface area contributed by atoms with Crippen LogP contribution < -0.4 is 18.9 Å². The molecule has 0 aliphatic carbocycles. The number of ether oxygens (including phenoxy) is 2. The third kappa shape index (κ3) is 25.7. The zero-order valence-electron chi connectivity index (χ0n) is 42.4. The van der Waals surface area contributed by atoms with E-state index in [4.69, 9.17) is 48.0 Å². The van der Waals surface area contributed by atoms with E-state index in [0.29, 0.717) is 29.5 Å². The van der Waals surface area contributed by atoms with E-state index < -0.39 is 11.9 Å². The van der Waals surface area contributed by atoms with Crippen molar-refractivity contribution >= 4 is 58.6 Å². The molecule has 0 heterocycles. The monoisotopic (exact) mass is 1020 g/mol. The van der Waals surface area contributed by atoms with Crippen molar-refractivity contribution in [1.29, 1.82) is 0 Å². The summed E-state index contributed by atoms with van der Waals surface area (Å²) in [6.45, 7) is 15.1. The number of alkyl halides is 2. The molecule has 0 saturated heterocycles. The van der Waals surface area contributed by atoms with Gasteiger partial charge in [-0.2, -0.15) is 0 Å². The van der Waals surface area contributed by atoms with Crippen molar-refractivity contribution in [3.05, 3.63) is 211 Å². The van der Waals surface area contributed by atoms with Crippen molar-refractivity contribution in [2.45, 2.75) is 94.5 Å². The van der Waals surface area contributed by atoms with Gasteiger partial charge in [0.05, 0.1) is 35.1 Å². The van der Waals surface area contributed by atoms with E-state index in [9.17, 15) is 28.8 Å². The molecule has 0 radical (unpaired) electrons. The fourth-order valence-corrected chi connectivity index (χ4v) is 6.61. The van der Waals surface area contributed by atoms with Gasteiger partial charge in [-0.05, 0) is 124 Å². The van der Waals surface area contributed by atoms with Crippen molar-refractivity contribution < 1.29 is 77.9 Å². The standard InChI is InChI=1S/C19H20O3.C18H18O4.C10H12O2.C9H10O2.CH2Cl2.Li.H2O/c1-13-4-9-18(14(2)10-13)19(21)22-12-17-7-5-16(6-8-17)11-15(3)20;1-12-3-8-16(13(2)9-12)18(21)22-11-15-6-4-14(5-7-15)10-17(19)20;1-8(12)6-9-2-4-10(7-11)5-3-9;1-6-3-4-8(9(10)11)7(2)5-6;2-1-3;;/h4-10H,11-12H2,1-3H3;3-9H,10-11H2,1-2H3,(H,19,20);2-5,11H,6-7H2,1H3;3-5H,1-2H3,(H,10,11);1H2;;1H2/q;;;;;+1;/p-1. The van der Waals surface area contributed by atoms with Gasteiger partial charge in [-0.25, -0.2) is 14.4 Å². The Kier molecular flexibility index (Phi) is 31.8. The summed E-state index contributed by atoms with van der Waals surface area (Å²) in [4.78, 5) is 67.1. The zero-order chi connectivity index (χ0) is 52.3. The molecule has 0 aliphatic rings. The maximum Gasteiger partial charge on any atom is 1.00 e. The summed E-state index contributed by atoms with van der Waals surface area (Å²) in [6, 6.07) is 38.5. The smallest absolute Gasteiger partial charge is 0.870 e. The Morgan fingerprint density at radius 3 is 0.986 bits per heavy atom. The van der Waals surface area contributed by atoms with Gasteiger partial charge in [0, 0.05) is 12.8 Å². The number of aliphatic hydroxyl groups is 1. The molecule has 6 aromatic rings. The molecule has 378 valence electrons. The van der Waals surface area contributed by atoms with E-state index in [1.807, 2.05) is 113 Å². The molecule has 0 bridgehead atoms. The van der Waals surface area contributed by atoms with Gasteiger partial charge >= 0.3 is 42.7 Å². The molecule has 6 rings (SSSR count). The molecule has 0 fully saturated rings. The summed E-state index contributed by atoms with van der Waals surface area (Å²) in [5.41, 5.74) is 12.8. The molecule has 12 nitrogen and oxygen atoms in total. The number of ketones is 2. The number of hydrogen-bond donors (Lipinski definition) is 3. The summed E-state index contributed by atoms with van der Waals surface area (Å²) in [5.74, 6) is -2.10. The maximum absolute atomic E-state index is 12.1. The van der Waals surface area contributed by atoms with E-state index in [2.05, 4.69) is 0 Å². The molecular weight excluding hydrogens is 954 g/mol. The fraction of sp³-hybridized carbons (Fsp3) is 0.263.